The van der Waals surface area contributed by atoms with Crippen LogP contribution in [0.4, 0.5) is 0 Å². The molecular formula is C21H36ClNO2. The largest absolute Gasteiger partial charge is 0.389 e. The van der Waals surface area contributed by atoms with Crippen LogP contribution in [0.1, 0.15) is 65.0 Å². The van der Waals surface area contributed by atoms with Gasteiger partial charge in [0.1, 0.15) is 0 Å². The number of ether oxygens (including phenoxy) is 1. The summed E-state index contributed by atoms with van der Waals surface area (Å²) in [6.45, 7) is 10.1. The Morgan fingerprint density at radius 2 is 1.72 bits per heavy atom. The monoisotopic (exact) mass is 369 g/mol. The van der Waals surface area contributed by atoms with E-state index in [1.165, 1.54) is 18.4 Å². The van der Waals surface area contributed by atoms with E-state index in [1.807, 2.05) is 18.2 Å². The number of hydrogen-bond acceptors (Lipinski definition) is 3. The average molecular weight is 370 g/mol. The molecule has 0 aliphatic heterocycles. The van der Waals surface area contributed by atoms with Crippen LogP contribution in [0.15, 0.2) is 30.3 Å². The molecule has 1 saturated carbocycles. The maximum absolute atomic E-state index is 10.2. The molecule has 0 bridgehead atoms. The van der Waals surface area contributed by atoms with E-state index in [0.717, 1.165) is 18.8 Å². The zero-order valence-corrected chi connectivity index (χ0v) is 17.0. The van der Waals surface area contributed by atoms with Crippen LogP contribution in [0.25, 0.3) is 0 Å². The third-order valence-corrected chi connectivity index (χ3v) is 5.38. The molecule has 0 amide bonds. The fourth-order valence-corrected chi connectivity index (χ4v) is 3.57. The number of hydrogen-bond donors (Lipinski definition) is 2. The van der Waals surface area contributed by atoms with Crippen LogP contribution in [-0.2, 0) is 4.74 Å². The van der Waals surface area contributed by atoms with E-state index in [2.05, 4.69) is 45.1 Å². The van der Waals surface area contributed by atoms with Crippen LogP contribution < -0.4 is 5.32 Å². The van der Waals surface area contributed by atoms with Crippen LogP contribution >= 0.6 is 12.4 Å². The molecule has 1 aliphatic carbocycles. The second kappa shape index (κ2) is 10.5. The van der Waals surface area contributed by atoms with Gasteiger partial charge in [-0.25, -0.2) is 0 Å². The molecule has 1 fully saturated rings. The van der Waals surface area contributed by atoms with Crippen LogP contribution in [0.3, 0.4) is 0 Å². The predicted molar refractivity (Wildman–Crippen MR) is 107 cm³/mol. The molecule has 0 spiro atoms. The van der Waals surface area contributed by atoms with Crippen molar-refractivity contribution in [1.29, 1.82) is 0 Å². The molecule has 1 aromatic carbocycles. The number of halogens is 1. The van der Waals surface area contributed by atoms with Gasteiger partial charge in [0.05, 0.1) is 18.8 Å². The maximum atomic E-state index is 10.2. The standard InChI is InChI=1S/C21H35NO2.ClH/c1-16(17-8-6-5-7-9-17)22-14-19(23)15-24-20-12-10-18(11-13-20)21(2,3)4;/h5-9,16,18-20,22-23H,10-15H2,1-4H3;1H. The van der Waals surface area contributed by atoms with Crippen LogP contribution in [0, 0.1) is 11.3 Å². The Hall–Kier alpha value is -0.610. The molecular weight excluding hydrogens is 334 g/mol. The minimum atomic E-state index is -0.448. The molecule has 2 atom stereocenters. The molecule has 144 valence electrons. The highest BCUT2D eigenvalue weighted by molar-refractivity contribution is 5.85. The van der Waals surface area contributed by atoms with E-state index >= 15 is 0 Å². The third-order valence-electron chi connectivity index (χ3n) is 5.38. The fraction of sp³-hybridized carbons (Fsp3) is 0.714. The number of aliphatic hydroxyl groups is 1. The van der Waals surface area contributed by atoms with Crippen LogP contribution in [0.5, 0.6) is 0 Å². The molecule has 25 heavy (non-hydrogen) atoms. The highest BCUT2D eigenvalue weighted by Crippen LogP contribution is 2.38. The average Bonchev–Trinajstić information content (AvgIpc) is 2.58. The zero-order valence-electron chi connectivity index (χ0n) is 16.2. The molecule has 0 heterocycles. The second-order valence-electron chi connectivity index (χ2n) is 8.37. The molecule has 2 N–H and O–H groups in total. The lowest BCUT2D eigenvalue weighted by molar-refractivity contribution is -0.0365. The first kappa shape index (κ1) is 22.4. The van der Waals surface area contributed by atoms with Crippen molar-refractivity contribution in [3.8, 4) is 0 Å². The van der Waals surface area contributed by atoms with Gasteiger partial charge >= 0.3 is 0 Å². The van der Waals surface area contributed by atoms with E-state index in [1.54, 1.807) is 0 Å². The Morgan fingerprint density at radius 1 is 1.12 bits per heavy atom. The van der Waals surface area contributed by atoms with Gasteiger partial charge in [-0.05, 0) is 49.5 Å². The first-order chi connectivity index (χ1) is 11.4. The summed E-state index contributed by atoms with van der Waals surface area (Å²) in [5.41, 5.74) is 1.65. The lowest BCUT2D eigenvalue weighted by atomic mass is 9.72. The molecule has 2 unspecified atom stereocenters. The van der Waals surface area contributed by atoms with Crippen molar-refractivity contribution in [1.82, 2.24) is 5.32 Å². The Labute approximate surface area is 160 Å². The van der Waals surface area contributed by atoms with Gasteiger partial charge in [-0.3, -0.25) is 0 Å². The minimum Gasteiger partial charge on any atom is -0.389 e. The number of rotatable bonds is 7. The van der Waals surface area contributed by atoms with Gasteiger partial charge in [-0.1, -0.05) is 51.1 Å². The molecule has 0 saturated heterocycles. The van der Waals surface area contributed by atoms with Crippen LogP contribution in [0.2, 0.25) is 0 Å². The van der Waals surface area contributed by atoms with Gasteiger partial charge in [0.2, 0.25) is 0 Å². The Morgan fingerprint density at radius 3 is 2.28 bits per heavy atom. The first-order valence-electron chi connectivity index (χ1n) is 9.44. The number of nitrogens with one attached hydrogen (secondary N) is 1. The topological polar surface area (TPSA) is 41.5 Å². The normalized spacial score (nSPS) is 23.6. The maximum Gasteiger partial charge on any atom is 0.0898 e. The Balaban J connectivity index is 0.00000312. The van der Waals surface area contributed by atoms with Crippen molar-refractivity contribution in [3.05, 3.63) is 35.9 Å². The Kier molecular flexibility index (Phi) is 9.44. The summed E-state index contributed by atoms with van der Waals surface area (Å²) in [6.07, 6.45) is 4.62. The summed E-state index contributed by atoms with van der Waals surface area (Å²) in [7, 11) is 0. The molecule has 1 aromatic rings. The SMILES string of the molecule is CC(NCC(O)COC1CCC(C(C)(C)C)CC1)c1ccccc1.Cl. The molecule has 2 rings (SSSR count). The zero-order chi connectivity index (χ0) is 17.6. The summed E-state index contributed by atoms with van der Waals surface area (Å²) in [6, 6.07) is 10.6. The van der Waals surface area contributed by atoms with Gasteiger partial charge in [0.25, 0.3) is 0 Å². The summed E-state index contributed by atoms with van der Waals surface area (Å²) < 4.78 is 5.95. The van der Waals surface area contributed by atoms with Gasteiger partial charge in [0.15, 0.2) is 0 Å². The summed E-state index contributed by atoms with van der Waals surface area (Å²) in [4.78, 5) is 0. The van der Waals surface area contributed by atoms with E-state index in [9.17, 15) is 5.11 Å². The number of benzene rings is 1. The first-order valence-corrected chi connectivity index (χ1v) is 9.44. The van der Waals surface area contributed by atoms with E-state index in [-0.39, 0.29) is 18.4 Å². The second-order valence-corrected chi connectivity index (χ2v) is 8.37. The van der Waals surface area contributed by atoms with Crippen molar-refractivity contribution >= 4 is 12.4 Å². The number of aliphatic hydroxyl groups excluding tert-OH is 1. The highest BCUT2D eigenvalue weighted by Gasteiger charge is 2.30. The van der Waals surface area contributed by atoms with Crippen LogP contribution in [-0.4, -0.2) is 30.5 Å². The smallest absolute Gasteiger partial charge is 0.0898 e. The van der Waals surface area contributed by atoms with Crippen molar-refractivity contribution in [2.24, 2.45) is 11.3 Å². The summed E-state index contributed by atoms with van der Waals surface area (Å²) in [5, 5.41) is 13.6. The molecule has 1 aliphatic rings. The molecule has 4 heteroatoms. The van der Waals surface area contributed by atoms with E-state index < -0.39 is 6.10 Å². The van der Waals surface area contributed by atoms with Crippen molar-refractivity contribution in [3.63, 3.8) is 0 Å². The predicted octanol–water partition coefficient (Wildman–Crippen LogP) is 4.74. The van der Waals surface area contributed by atoms with Gasteiger partial charge in [-0.2, -0.15) is 0 Å². The van der Waals surface area contributed by atoms with E-state index in [0.29, 0.717) is 24.7 Å². The lowest BCUT2D eigenvalue weighted by Gasteiger charge is -2.37. The van der Waals surface area contributed by atoms with Gasteiger partial charge in [0, 0.05) is 12.6 Å². The lowest BCUT2D eigenvalue weighted by Crippen LogP contribution is -2.35. The van der Waals surface area contributed by atoms with Gasteiger partial charge in [-0.15, -0.1) is 12.4 Å². The molecule has 0 radical (unpaired) electrons. The van der Waals surface area contributed by atoms with Crippen molar-refractivity contribution in [2.75, 3.05) is 13.2 Å². The molecule has 0 aromatic heterocycles. The van der Waals surface area contributed by atoms with Gasteiger partial charge < -0.3 is 15.2 Å². The molecule has 3 nitrogen and oxygen atoms in total. The minimum absolute atomic E-state index is 0. The van der Waals surface area contributed by atoms with Crippen molar-refractivity contribution < 1.29 is 9.84 Å². The third kappa shape index (κ3) is 7.65. The Bertz CT molecular complexity index is 467. The summed E-state index contributed by atoms with van der Waals surface area (Å²) in [5.74, 6) is 0.802. The fourth-order valence-electron chi connectivity index (χ4n) is 3.57. The van der Waals surface area contributed by atoms with Crippen molar-refractivity contribution in [2.45, 2.75) is 71.6 Å². The highest BCUT2D eigenvalue weighted by atomic mass is 35.5. The quantitative estimate of drug-likeness (QED) is 0.729. The summed E-state index contributed by atoms with van der Waals surface area (Å²) >= 11 is 0. The van der Waals surface area contributed by atoms with E-state index in [4.69, 9.17) is 4.74 Å².